The van der Waals surface area contributed by atoms with E-state index in [-0.39, 0.29) is 40.7 Å². The highest BCUT2D eigenvalue weighted by Crippen LogP contribution is 2.60. The first-order valence-corrected chi connectivity index (χ1v) is 11.5. The third kappa shape index (κ3) is 4.29. The topological polar surface area (TPSA) is 54.5 Å². The number of carbonyl (C=O) groups excluding carboxylic acids is 1. The van der Waals surface area contributed by atoms with Crippen LogP contribution in [0, 0.1) is 24.2 Å². The first kappa shape index (κ1) is 20.1. The highest BCUT2D eigenvalue weighted by Gasteiger charge is 2.61. The molecular formula is C22H31NO3S. The van der Waals surface area contributed by atoms with E-state index in [0.717, 1.165) is 5.56 Å². The predicted molar refractivity (Wildman–Crippen MR) is 109 cm³/mol. The Kier molecular flexibility index (Phi) is 5.28. The van der Waals surface area contributed by atoms with E-state index >= 15 is 0 Å². The molecule has 1 saturated carbocycles. The van der Waals surface area contributed by atoms with Gasteiger partial charge in [-0.25, -0.2) is 8.42 Å². The van der Waals surface area contributed by atoms with E-state index in [4.69, 9.17) is 0 Å². The van der Waals surface area contributed by atoms with Crippen molar-refractivity contribution in [2.75, 3.05) is 11.5 Å². The minimum Gasteiger partial charge on any atom is -0.334 e. The molecule has 1 saturated heterocycles. The van der Waals surface area contributed by atoms with Gasteiger partial charge in [0.15, 0.2) is 9.84 Å². The maximum absolute atomic E-state index is 13.5. The van der Waals surface area contributed by atoms with Crippen molar-refractivity contribution >= 4 is 15.7 Å². The number of hydrogen-bond donors (Lipinski definition) is 0. The van der Waals surface area contributed by atoms with E-state index in [0.29, 0.717) is 13.0 Å². The van der Waals surface area contributed by atoms with Crippen molar-refractivity contribution in [2.24, 2.45) is 17.3 Å². The lowest BCUT2D eigenvalue weighted by atomic mass is 10.1. The Morgan fingerprint density at radius 3 is 2.37 bits per heavy atom. The summed E-state index contributed by atoms with van der Waals surface area (Å²) in [6.45, 7) is 10.9. The van der Waals surface area contributed by atoms with Crippen LogP contribution in [0.4, 0.5) is 0 Å². The zero-order valence-electron chi connectivity index (χ0n) is 17.0. The zero-order valence-corrected chi connectivity index (χ0v) is 17.8. The van der Waals surface area contributed by atoms with Crippen molar-refractivity contribution in [3.8, 4) is 0 Å². The second-order valence-corrected chi connectivity index (χ2v) is 11.3. The van der Waals surface area contributed by atoms with Gasteiger partial charge in [0.1, 0.15) is 0 Å². The van der Waals surface area contributed by atoms with Gasteiger partial charge in [0.25, 0.3) is 0 Å². The highest BCUT2D eigenvalue weighted by atomic mass is 32.2. The minimum absolute atomic E-state index is 0.0684. The molecule has 4 nitrogen and oxygen atoms in total. The van der Waals surface area contributed by atoms with Gasteiger partial charge < -0.3 is 4.90 Å². The Balaban J connectivity index is 1.86. The minimum atomic E-state index is -3.05. The molecule has 0 aromatic heterocycles. The van der Waals surface area contributed by atoms with Crippen LogP contribution in [0.15, 0.2) is 35.9 Å². The normalized spacial score (nSPS) is 27.8. The summed E-state index contributed by atoms with van der Waals surface area (Å²) in [6, 6.07) is 7.93. The molecule has 1 aliphatic heterocycles. The van der Waals surface area contributed by atoms with Crippen molar-refractivity contribution in [3.63, 3.8) is 0 Å². The summed E-state index contributed by atoms with van der Waals surface area (Å²) in [6.07, 6.45) is 2.73. The standard InChI is InChI=1S/C22H31NO3S/c1-15(2)12-19-20(22(19,4)5)21(24)23(18-10-11-27(25,26)14-18)13-17-8-6-16(3)7-9-17/h6-9,12,18-20H,10-11,13-14H2,1-5H3/t18-,19-,20+/m1/s1. The van der Waals surface area contributed by atoms with E-state index in [1.54, 1.807) is 0 Å². The van der Waals surface area contributed by atoms with E-state index in [9.17, 15) is 13.2 Å². The largest absolute Gasteiger partial charge is 0.334 e. The predicted octanol–water partition coefficient (Wildman–Crippen LogP) is 3.75. The zero-order chi connectivity index (χ0) is 20.0. The summed E-state index contributed by atoms with van der Waals surface area (Å²) in [5.74, 6) is 0.533. The van der Waals surface area contributed by atoms with Gasteiger partial charge in [-0.05, 0) is 44.1 Å². The molecule has 1 aromatic carbocycles. The summed E-state index contributed by atoms with van der Waals surface area (Å²) in [4.78, 5) is 15.3. The molecule has 148 valence electrons. The lowest BCUT2D eigenvalue weighted by Gasteiger charge is -2.29. The molecule has 2 aliphatic rings. The fraction of sp³-hybridized carbons (Fsp3) is 0.591. The van der Waals surface area contributed by atoms with Crippen LogP contribution in [0.3, 0.4) is 0 Å². The van der Waals surface area contributed by atoms with Crippen molar-refractivity contribution in [1.82, 2.24) is 4.90 Å². The summed E-state index contributed by atoms with van der Waals surface area (Å²) in [7, 11) is -3.05. The van der Waals surface area contributed by atoms with Gasteiger partial charge in [-0.2, -0.15) is 0 Å². The van der Waals surface area contributed by atoms with Gasteiger partial charge in [-0.3, -0.25) is 4.79 Å². The summed E-state index contributed by atoms with van der Waals surface area (Å²) >= 11 is 0. The molecule has 1 heterocycles. The summed E-state index contributed by atoms with van der Waals surface area (Å²) < 4.78 is 24.1. The van der Waals surface area contributed by atoms with E-state index in [1.807, 2.05) is 36.1 Å². The fourth-order valence-electron chi connectivity index (χ4n) is 4.30. The molecule has 0 unspecified atom stereocenters. The third-order valence-electron chi connectivity index (χ3n) is 6.10. The average molecular weight is 390 g/mol. The monoisotopic (exact) mass is 389 g/mol. The van der Waals surface area contributed by atoms with Gasteiger partial charge in [0.05, 0.1) is 17.4 Å². The second-order valence-electron chi connectivity index (χ2n) is 9.08. The van der Waals surface area contributed by atoms with Gasteiger partial charge in [0.2, 0.25) is 5.91 Å². The SMILES string of the molecule is CC(C)=C[C@@H]1[C@@H](C(=O)N(Cc2ccc(C)cc2)[C@@H]2CCS(=O)(=O)C2)C1(C)C. The van der Waals surface area contributed by atoms with Crippen LogP contribution < -0.4 is 0 Å². The average Bonchev–Trinajstić information content (AvgIpc) is 2.90. The Morgan fingerprint density at radius 1 is 1.22 bits per heavy atom. The van der Waals surface area contributed by atoms with Crippen LogP contribution in [0.25, 0.3) is 0 Å². The molecule has 3 rings (SSSR count). The maximum Gasteiger partial charge on any atom is 0.227 e. The van der Waals surface area contributed by atoms with Gasteiger partial charge in [0, 0.05) is 12.6 Å². The fourth-order valence-corrected chi connectivity index (χ4v) is 6.03. The molecule has 1 amide bonds. The summed E-state index contributed by atoms with van der Waals surface area (Å²) in [5, 5.41) is 0. The molecular weight excluding hydrogens is 358 g/mol. The third-order valence-corrected chi connectivity index (χ3v) is 7.85. The molecule has 2 fully saturated rings. The lowest BCUT2D eigenvalue weighted by Crippen LogP contribution is -2.42. The number of rotatable bonds is 5. The van der Waals surface area contributed by atoms with E-state index < -0.39 is 9.84 Å². The quantitative estimate of drug-likeness (QED) is 0.721. The number of amides is 1. The van der Waals surface area contributed by atoms with Crippen LogP contribution in [0.2, 0.25) is 0 Å². The Labute approximate surface area is 163 Å². The van der Waals surface area contributed by atoms with Crippen molar-refractivity contribution in [1.29, 1.82) is 0 Å². The Hall–Kier alpha value is -1.62. The second kappa shape index (κ2) is 7.08. The first-order valence-electron chi connectivity index (χ1n) is 9.73. The number of carbonyl (C=O) groups is 1. The van der Waals surface area contributed by atoms with Gasteiger partial charge in [-0.15, -0.1) is 0 Å². The number of sulfone groups is 1. The Bertz CT molecular complexity index is 848. The van der Waals surface area contributed by atoms with Crippen LogP contribution >= 0.6 is 0 Å². The number of benzene rings is 1. The van der Waals surface area contributed by atoms with E-state index in [1.165, 1.54) is 11.1 Å². The molecule has 3 atom stereocenters. The van der Waals surface area contributed by atoms with E-state index in [2.05, 4.69) is 33.8 Å². The van der Waals surface area contributed by atoms with Crippen molar-refractivity contribution in [3.05, 3.63) is 47.0 Å². The molecule has 0 spiro atoms. The molecule has 1 aromatic rings. The van der Waals surface area contributed by atoms with Crippen LogP contribution in [-0.2, 0) is 21.2 Å². The van der Waals surface area contributed by atoms with Crippen molar-refractivity contribution < 1.29 is 13.2 Å². The maximum atomic E-state index is 13.5. The highest BCUT2D eigenvalue weighted by molar-refractivity contribution is 7.91. The molecule has 5 heteroatoms. The van der Waals surface area contributed by atoms with Crippen molar-refractivity contribution in [2.45, 2.75) is 53.6 Å². The number of allylic oxidation sites excluding steroid dienone is 2. The number of aryl methyl sites for hydroxylation is 1. The number of nitrogens with zero attached hydrogens (tertiary/aromatic N) is 1. The van der Waals surface area contributed by atoms with Gasteiger partial charge >= 0.3 is 0 Å². The van der Waals surface area contributed by atoms with Crippen LogP contribution in [-0.4, -0.2) is 36.8 Å². The van der Waals surface area contributed by atoms with Crippen LogP contribution in [0.5, 0.6) is 0 Å². The lowest BCUT2D eigenvalue weighted by molar-refractivity contribution is -0.136. The molecule has 27 heavy (non-hydrogen) atoms. The Morgan fingerprint density at radius 2 is 1.85 bits per heavy atom. The first-order chi connectivity index (χ1) is 12.5. The van der Waals surface area contributed by atoms with Gasteiger partial charge in [-0.1, -0.05) is 55.3 Å². The number of hydrogen-bond acceptors (Lipinski definition) is 3. The molecule has 0 radical (unpaired) electrons. The molecule has 0 bridgehead atoms. The summed E-state index contributed by atoms with van der Waals surface area (Å²) in [5.41, 5.74) is 3.37. The smallest absolute Gasteiger partial charge is 0.227 e. The van der Waals surface area contributed by atoms with Crippen LogP contribution in [0.1, 0.15) is 45.2 Å². The molecule has 1 aliphatic carbocycles. The molecule has 0 N–H and O–H groups in total.